The van der Waals surface area contributed by atoms with Crippen molar-refractivity contribution in [3.8, 4) is 11.5 Å². The van der Waals surface area contributed by atoms with Gasteiger partial charge in [0, 0.05) is 13.2 Å². The molecule has 5 heteroatoms. The molecule has 19 heavy (non-hydrogen) atoms. The molecule has 0 spiro atoms. The third-order valence-corrected chi connectivity index (χ3v) is 3.22. The van der Waals surface area contributed by atoms with Crippen molar-refractivity contribution in [3.63, 3.8) is 0 Å². The van der Waals surface area contributed by atoms with Gasteiger partial charge in [-0.05, 0) is 30.8 Å². The van der Waals surface area contributed by atoms with E-state index in [0.717, 1.165) is 22.8 Å². The molecule has 1 aliphatic heterocycles. The van der Waals surface area contributed by atoms with E-state index in [4.69, 9.17) is 9.47 Å². The zero-order valence-electron chi connectivity index (χ0n) is 11.1. The monoisotopic (exact) mass is 259 g/mol. The Labute approximate surface area is 112 Å². The van der Waals surface area contributed by atoms with Crippen molar-refractivity contribution >= 4 is 0 Å². The fraction of sp³-hybridized carbons (Fsp3) is 0.357. The van der Waals surface area contributed by atoms with Crippen LogP contribution >= 0.6 is 0 Å². The summed E-state index contributed by atoms with van der Waals surface area (Å²) >= 11 is 0. The molecular weight excluding hydrogens is 242 g/mol. The molecular formula is C14H17N3O2. The first-order valence-electron chi connectivity index (χ1n) is 6.34. The van der Waals surface area contributed by atoms with Crippen LogP contribution in [0.25, 0.3) is 0 Å². The number of hydrogen-bond donors (Lipinski definition) is 1. The topological polar surface area (TPSA) is 48.3 Å². The average Bonchev–Trinajstić information content (AvgIpc) is 2.86. The average molecular weight is 259 g/mol. The van der Waals surface area contributed by atoms with Gasteiger partial charge in [0.05, 0.1) is 11.7 Å². The first kappa shape index (κ1) is 12.0. The third kappa shape index (κ3) is 2.29. The molecule has 100 valence electrons. The van der Waals surface area contributed by atoms with Crippen LogP contribution in [0.15, 0.2) is 30.5 Å². The van der Waals surface area contributed by atoms with Gasteiger partial charge in [0.15, 0.2) is 11.5 Å². The number of hydrogen-bond acceptors (Lipinski definition) is 4. The molecule has 1 aromatic carbocycles. The Balaban J connectivity index is 1.95. The van der Waals surface area contributed by atoms with Crippen molar-refractivity contribution in [2.75, 3.05) is 20.3 Å². The Bertz CT molecular complexity index is 580. The number of fused-ring (bicyclic) bond motifs is 1. The lowest BCUT2D eigenvalue weighted by atomic mass is 10.0. The van der Waals surface area contributed by atoms with Crippen LogP contribution in [0.5, 0.6) is 11.5 Å². The number of rotatable bonds is 3. The maximum Gasteiger partial charge on any atom is 0.161 e. The lowest BCUT2D eigenvalue weighted by Crippen LogP contribution is -2.20. The fourth-order valence-corrected chi connectivity index (χ4v) is 2.31. The van der Waals surface area contributed by atoms with Crippen molar-refractivity contribution in [2.45, 2.75) is 6.04 Å². The highest BCUT2D eigenvalue weighted by atomic mass is 16.6. The highest BCUT2D eigenvalue weighted by Crippen LogP contribution is 2.33. The van der Waals surface area contributed by atoms with E-state index in [1.165, 1.54) is 0 Å². The van der Waals surface area contributed by atoms with Gasteiger partial charge in [0.2, 0.25) is 0 Å². The number of benzene rings is 1. The minimum atomic E-state index is 0.0528. The van der Waals surface area contributed by atoms with Crippen molar-refractivity contribution in [1.29, 1.82) is 0 Å². The van der Waals surface area contributed by atoms with E-state index < -0.39 is 0 Å². The summed E-state index contributed by atoms with van der Waals surface area (Å²) in [5.74, 6) is 1.62. The summed E-state index contributed by atoms with van der Waals surface area (Å²) in [5.41, 5.74) is 2.10. The van der Waals surface area contributed by atoms with E-state index in [-0.39, 0.29) is 6.04 Å². The van der Waals surface area contributed by atoms with Crippen LogP contribution in [0.3, 0.4) is 0 Å². The minimum Gasteiger partial charge on any atom is -0.486 e. The van der Waals surface area contributed by atoms with Crippen LogP contribution in [-0.4, -0.2) is 30.0 Å². The standard InChI is InChI=1S/C14H17N3O2/c1-15-14(11-5-6-17(2)16-11)10-3-4-12-13(9-10)19-8-7-18-12/h3-6,9,14-15H,7-8H2,1-2H3. The number of nitrogens with zero attached hydrogens (tertiary/aromatic N) is 2. The van der Waals surface area contributed by atoms with Gasteiger partial charge in [0.25, 0.3) is 0 Å². The van der Waals surface area contributed by atoms with Gasteiger partial charge in [-0.25, -0.2) is 0 Å². The summed E-state index contributed by atoms with van der Waals surface area (Å²) in [6.45, 7) is 1.21. The van der Waals surface area contributed by atoms with E-state index in [9.17, 15) is 0 Å². The van der Waals surface area contributed by atoms with E-state index in [2.05, 4.69) is 10.4 Å². The van der Waals surface area contributed by atoms with E-state index >= 15 is 0 Å². The largest absolute Gasteiger partial charge is 0.486 e. The molecule has 3 rings (SSSR count). The summed E-state index contributed by atoms with van der Waals surface area (Å²) in [4.78, 5) is 0. The number of ether oxygens (including phenoxy) is 2. The Morgan fingerprint density at radius 2 is 2.00 bits per heavy atom. The smallest absolute Gasteiger partial charge is 0.161 e. The Morgan fingerprint density at radius 3 is 2.68 bits per heavy atom. The summed E-state index contributed by atoms with van der Waals surface area (Å²) in [7, 11) is 3.84. The molecule has 5 nitrogen and oxygen atoms in total. The summed E-state index contributed by atoms with van der Waals surface area (Å²) in [5, 5.41) is 7.73. The molecule has 1 aromatic heterocycles. The first-order chi connectivity index (χ1) is 9.28. The van der Waals surface area contributed by atoms with Crippen molar-refractivity contribution < 1.29 is 9.47 Å². The van der Waals surface area contributed by atoms with Crippen LogP contribution in [0.4, 0.5) is 0 Å². The first-order valence-corrected chi connectivity index (χ1v) is 6.34. The SMILES string of the molecule is CNC(c1ccc2c(c1)OCCO2)c1ccn(C)n1. The lowest BCUT2D eigenvalue weighted by molar-refractivity contribution is 0.171. The second-order valence-corrected chi connectivity index (χ2v) is 4.54. The molecule has 1 unspecified atom stereocenters. The van der Waals surface area contributed by atoms with Gasteiger partial charge in [-0.15, -0.1) is 0 Å². The Morgan fingerprint density at radius 1 is 1.21 bits per heavy atom. The fourth-order valence-electron chi connectivity index (χ4n) is 2.31. The molecule has 1 atom stereocenters. The van der Waals surface area contributed by atoms with Gasteiger partial charge in [0.1, 0.15) is 13.2 Å². The Kier molecular flexibility index (Phi) is 3.13. The van der Waals surface area contributed by atoms with E-state index in [1.54, 1.807) is 4.68 Å². The summed E-state index contributed by atoms with van der Waals surface area (Å²) < 4.78 is 13.0. The summed E-state index contributed by atoms with van der Waals surface area (Å²) in [6, 6.07) is 8.08. The highest BCUT2D eigenvalue weighted by molar-refractivity contribution is 5.45. The van der Waals surface area contributed by atoms with Crippen molar-refractivity contribution in [3.05, 3.63) is 41.7 Å². The summed E-state index contributed by atoms with van der Waals surface area (Å²) in [6.07, 6.45) is 1.94. The minimum absolute atomic E-state index is 0.0528. The number of aryl methyl sites for hydroxylation is 1. The Hall–Kier alpha value is -2.01. The van der Waals surface area contributed by atoms with Crippen LogP contribution < -0.4 is 14.8 Å². The number of aromatic nitrogens is 2. The van der Waals surface area contributed by atoms with Gasteiger partial charge < -0.3 is 14.8 Å². The molecule has 0 bridgehead atoms. The second-order valence-electron chi connectivity index (χ2n) is 4.54. The lowest BCUT2D eigenvalue weighted by Gasteiger charge is -2.21. The predicted molar refractivity (Wildman–Crippen MR) is 71.5 cm³/mol. The predicted octanol–water partition coefficient (Wildman–Crippen LogP) is 1.50. The molecule has 0 saturated carbocycles. The van der Waals surface area contributed by atoms with Crippen molar-refractivity contribution in [2.24, 2.45) is 7.05 Å². The van der Waals surface area contributed by atoms with Crippen LogP contribution in [0.1, 0.15) is 17.3 Å². The molecule has 1 N–H and O–H groups in total. The van der Waals surface area contributed by atoms with Gasteiger partial charge in [-0.3, -0.25) is 4.68 Å². The maximum atomic E-state index is 5.62. The van der Waals surface area contributed by atoms with E-state index in [0.29, 0.717) is 13.2 Å². The zero-order chi connectivity index (χ0) is 13.2. The van der Waals surface area contributed by atoms with Crippen LogP contribution in [0.2, 0.25) is 0 Å². The quantitative estimate of drug-likeness (QED) is 0.907. The van der Waals surface area contributed by atoms with Gasteiger partial charge >= 0.3 is 0 Å². The molecule has 0 saturated heterocycles. The zero-order valence-corrected chi connectivity index (χ0v) is 11.1. The van der Waals surface area contributed by atoms with Crippen LogP contribution in [0, 0.1) is 0 Å². The van der Waals surface area contributed by atoms with Crippen LogP contribution in [-0.2, 0) is 7.05 Å². The van der Waals surface area contributed by atoms with Crippen molar-refractivity contribution in [1.82, 2.24) is 15.1 Å². The second kappa shape index (κ2) is 4.93. The normalized spacial score (nSPS) is 15.3. The molecule has 2 aromatic rings. The molecule has 0 aliphatic carbocycles. The molecule has 2 heterocycles. The molecule has 0 amide bonds. The third-order valence-electron chi connectivity index (χ3n) is 3.22. The molecule has 1 aliphatic rings. The molecule has 0 fully saturated rings. The van der Waals surface area contributed by atoms with E-state index in [1.807, 2.05) is 44.6 Å². The number of nitrogens with one attached hydrogen (secondary N) is 1. The van der Waals surface area contributed by atoms with Gasteiger partial charge in [-0.2, -0.15) is 5.10 Å². The molecule has 0 radical (unpaired) electrons. The van der Waals surface area contributed by atoms with Gasteiger partial charge in [-0.1, -0.05) is 6.07 Å². The maximum absolute atomic E-state index is 5.62. The highest BCUT2D eigenvalue weighted by Gasteiger charge is 2.18.